The number of aliphatic hydroxyl groups is 1. The largest absolute Gasteiger partial charge is 0.479 e. The summed E-state index contributed by atoms with van der Waals surface area (Å²) in [6, 6.07) is 5.37. The third-order valence-electron chi connectivity index (χ3n) is 2.45. The van der Waals surface area contributed by atoms with Crippen LogP contribution in [0.25, 0.3) is 10.9 Å². The maximum Gasteiger partial charge on any atom is 0.332 e. The number of benzene rings is 1. The molecule has 5 heteroatoms. The normalized spacial score (nSPS) is 12.9. The number of para-hydroxylation sites is 1. The van der Waals surface area contributed by atoms with Gasteiger partial charge in [-0.3, -0.25) is 0 Å². The Balaban J connectivity index is 2.39. The summed E-state index contributed by atoms with van der Waals surface area (Å²) >= 11 is 5.96. The van der Waals surface area contributed by atoms with Gasteiger partial charge >= 0.3 is 5.97 Å². The summed E-state index contributed by atoms with van der Waals surface area (Å²) in [5.74, 6) is -1.23. The predicted molar refractivity (Wildman–Crippen MR) is 60.7 cm³/mol. The van der Waals surface area contributed by atoms with Crippen molar-refractivity contribution in [2.24, 2.45) is 0 Å². The Kier molecular flexibility index (Phi) is 2.85. The summed E-state index contributed by atoms with van der Waals surface area (Å²) in [6.45, 7) is 0. The van der Waals surface area contributed by atoms with E-state index in [0.717, 1.165) is 16.5 Å². The molecule has 0 amide bonds. The second-order valence-corrected chi connectivity index (χ2v) is 3.94. The fourth-order valence-corrected chi connectivity index (χ4v) is 1.87. The average molecular weight is 240 g/mol. The molecule has 0 unspecified atom stereocenters. The minimum atomic E-state index is -1.39. The number of carboxylic acids is 1. The lowest BCUT2D eigenvalue weighted by molar-refractivity contribution is -0.146. The number of nitrogens with one attached hydrogen (secondary N) is 1. The topological polar surface area (TPSA) is 73.3 Å². The zero-order valence-electron chi connectivity index (χ0n) is 8.27. The number of carbonyl (C=O) groups is 1. The highest BCUT2D eigenvalue weighted by atomic mass is 35.5. The van der Waals surface area contributed by atoms with Gasteiger partial charge in [0.1, 0.15) is 0 Å². The minimum absolute atomic E-state index is 0.0652. The molecular formula is C11H10ClNO3. The van der Waals surface area contributed by atoms with E-state index < -0.39 is 12.1 Å². The molecule has 0 saturated heterocycles. The fourth-order valence-electron chi connectivity index (χ4n) is 1.64. The fraction of sp³-hybridized carbons (Fsp3) is 0.182. The van der Waals surface area contributed by atoms with Crippen LogP contribution in [0.2, 0.25) is 5.02 Å². The second-order valence-electron chi connectivity index (χ2n) is 3.53. The highest BCUT2D eigenvalue weighted by Gasteiger charge is 2.16. The first kappa shape index (κ1) is 11.0. The molecule has 0 spiro atoms. The summed E-state index contributed by atoms with van der Waals surface area (Å²) in [5, 5.41) is 19.3. The van der Waals surface area contributed by atoms with E-state index in [1.165, 1.54) is 0 Å². The average Bonchev–Trinajstić information content (AvgIpc) is 2.63. The molecule has 0 bridgehead atoms. The lowest BCUT2D eigenvalue weighted by Gasteiger charge is -2.03. The highest BCUT2D eigenvalue weighted by molar-refractivity contribution is 6.35. The van der Waals surface area contributed by atoms with E-state index in [0.29, 0.717) is 5.02 Å². The molecule has 1 atom stereocenters. The zero-order chi connectivity index (χ0) is 11.7. The molecule has 2 rings (SSSR count). The smallest absolute Gasteiger partial charge is 0.332 e. The first-order chi connectivity index (χ1) is 7.59. The van der Waals surface area contributed by atoms with Crippen LogP contribution in [0.5, 0.6) is 0 Å². The van der Waals surface area contributed by atoms with Gasteiger partial charge in [-0.2, -0.15) is 0 Å². The van der Waals surface area contributed by atoms with Crippen molar-refractivity contribution in [3.63, 3.8) is 0 Å². The van der Waals surface area contributed by atoms with Crippen LogP contribution < -0.4 is 0 Å². The number of aliphatic hydroxyl groups excluding tert-OH is 1. The first-order valence-electron chi connectivity index (χ1n) is 4.75. The Hall–Kier alpha value is -1.52. The molecule has 3 N–H and O–H groups in total. The van der Waals surface area contributed by atoms with E-state index in [2.05, 4.69) is 4.98 Å². The Morgan fingerprint density at radius 2 is 2.25 bits per heavy atom. The van der Waals surface area contributed by atoms with Crippen molar-refractivity contribution < 1.29 is 15.0 Å². The Bertz CT molecular complexity index is 535. The lowest BCUT2D eigenvalue weighted by Crippen LogP contribution is -2.21. The van der Waals surface area contributed by atoms with Crippen molar-refractivity contribution in [3.05, 3.63) is 35.0 Å². The van der Waals surface area contributed by atoms with Gasteiger partial charge in [-0.25, -0.2) is 4.79 Å². The molecule has 84 valence electrons. The number of carboxylic acid groups (broad SMARTS) is 1. The number of H-pyrrole nitrogens is 1. The molecule has 1 aromatic heterocycles. The van der Waals surface area contributed by atoms with Gasteiger partial charge in [0.15, 0.2) is 6.10 Å². The molecule has 0 aliphatic rings. The van der Waals surface area contributed by atoms with Crippen LogP contribution in [0.15, 0.2) is 24.4 Å². The summed E-state index contributed by atoms with van der Waals surface area (Å²) in [7, 11) is 0. The van der Waals surface area contributed by atoms with E-state index in [9.17, 15) is 9.90 Å². The number of aliphatic carboxylic acids is 1. The van der Waals surface area contributed by atoms with Crippen molar-refractivity contribution in [1.29, 1.82) is 0 Å². The predicted octanol–water partition coefficient (Wildman–Crippen LogP) is 1.81. The summed E-state index contributed by atoms with van der Waals surface area (Å²) in [6.07, 6.45) is 0.344. The van der Waals surface area contributed by atoms with Gasteiger partial charge < -0.3 is 15.2 Å². The maximum atomic E-state index is 10.5. The molecule has 4 nitrogen and oxygen atoms in total. The number of fused-ring (bicyclic) bond motifs is 1. The van der Waals surface area contributed by atoms with Gasteiger partial charge in [0.25, 0.3) is 0 Å². The van der Waals surface area contributed by atoms with E-state index in [-0.39, 0.29) is 6.42 Å². The molecule has 1 heterocycles. The molecule has 2 aromatic rings. The number of halogens is 1. The van der Waals surface area contributed by atoms with Gasteiger partial charge in [-0.15, -0.1) is 0 Å². The Morgan fingerprint density at radius 3 is 2.94 bits per heavy atom. The number of aromatic amines is 1. The van der Waals surface area contributed by atoms with Crippen molar-refractivity contribution in [1.82, 2.24) is 4.98 Å². The molecule has 1 aromatic carbocycles. The third-order valence-corrected chi connectivity index (χ3v) is 2.76. The number of hydrogen-bond acceptors (Lipinski definition) is 2. The molecule has 0 fully saturated rings. The van der Waals surface area contributed by atoms with Crippen LogP contribution in [-0.2, 0) is 11.2 Å². The number of aromatic nitrogens is 1. The first-order valence-corrected chi connectivity index (χ1v) is 5.12. The van der Waals surface area contributed by atoms with E-state index in [4.69, 9.17) is 16.7 Å². The number of hydrogen-bond donors (Lipinski definition) is 3. The second kappa shape index (κ2) is 4.15. The molecule has 0 aliphatic carbocycles. The summed E-state index contributed by atoms with van der Waals surface area (Å²) in [4.78, 5) is 13.5. The lowest BCUT2D eigenvalue weighted by atomic mass is 10.1. The van der Waals surface area contributed by atoms with E-state index in [1.807, 2.05) is 6.07 Å². The van der Waals surface area contributed by atoms with E-state index in [1.54, 1.807) is 18.3 Å². The van der Waals surface area contributed by atoms with Crippen molar-refractivity contribution >= 4 is 28.5 Å². The standard InChI is InChI=1S/C11H10ClNO3/c12-8-3-1-2-7-6(5-13-10(7)8)4-9(14)11(15)16/h1-3,5,9,13-14H,4H2,(H,15,16)/t9-/m0/s1. The van der Waals surface area contributed by atoms with Crippen LogP contribution in [0.3, 0.4) is 0 Å². The maximum absolute atomic E-state index is 10.5. The van der Waals surface area contributed by atoms with Crippen molar-refractivity contribution in [2.75, 3.05) is 0 Å². The number of rotatable bonds is 3. The Labute approximate surface area is 96.5 Å². The molecule has 0 saturated carbocycles. The van der Waals surface area contributed by atoms with Gasteiger partial charge in [0.2, 0.25) is 0 Å². The third kappa shape index (κ3) is 1.89. The van der Waals surface area contributed by atoms with Gasteiger partial charge in [0, 0.05) is 18.0 Å². The van der Waals surface area contributed by atoms with Gasteiger partial charge in [-0.1, -0.05) is 23.7 Å². The van der Waals surface area contributed by atoms with Crippen LogP contribution in [-0.4, -0.2) is 27.3 Å². The van der Waals surface area contributed by atoms with Crippen LogP contribution in [0.1, 0.15) is 5.56 Å². The summed E-state index contributed by atoms with van der Waals surface area (Å²) in [5.41, 5.74) is 1.50. The minimum Gasteiger partial charge on any atom is -0.479 e. The quantitative estimate of drug-likeness (QED) is 0.765. The SMILES string of the molecule is O=C(O)[C@@H](O)Cc1c[nH]c2c(Cl)cccc12. The van der Waals surface area contributed by atoms with Gasteiger partial charge in [0.05, 0.1) is 10.5 Å². The van der Waals surface area contributed by atoms with Crippen LogP contribution in [0, 0.1) is 0 Å². The zero-order valence-corrected chi connectivity index (χ0v) is 9.03. The molecule has 0 radical (unpaired) electrons. The highest BCUT2D eigenvalue weighted by Crippen LogP contribution is 2.25. The molecule has 0 aliphatic heterocycles. The Morgan fingerprint density at radius 1 is 1.50 bits per heavy atom. The monoisotopic (exact) mass is 239 g/mol. The van der Waals surface area contributed by atoms with Crippen molar-refractivity contribution in [3.8, 4) is 0 Å². The summed E-state index contributed by atoms with van der Waals surface area (Å²) < 4.78 is 0. The van der Waals surface area contributed by atoms with E-state index >= 15 is 0 Å². The molecular weight excluding hydrogens is 230 g/mol. The molecule has 16 heavy (non-hydrogen) atoms. The van der Waals surface area contributed by atoms with Crippen LogP contribution >= 0.6 is 11.6 Å². The van der Waals surface area contributed by atoms with Crippen LogP contribution in [0.4, 0.5) is 0 Å². The van der Waals surface area contributed by atoms with Gasteiger partial charge in [-0.05, 0) is 11.6 Å². The van der Waals surface area contributed by atoms with Crippen molar-refractivity contribution in [2.45, 2.75) is 12.5 Å².